The first-order chi connectivity index (χ1) is 13.4. The highest BCUT2D eigenvalue weighted by molar-refractivity contribution is 5.95. The molecule has 28 heavy (non-hydrogen) atoms. The summed E-state index contributed by atoms with van der Waals surface area (Å²) in [6.45, 7) is 7.00. The van der Waals surface area contributed by atoms with Crippen LogP contribution in [0.4, 0.5) is 4.39 Å². The van der Waals surface area contributed by atoms with Gasteiger partial charge in [0, 0.05) is 26.1 Å². The van der Waals surface area contributed by atoms with Crippen molar-refractivity contribution in [1.29, 1.82) is 0 Å². The summed E-state index contributed by atoms with van der Waals surface area (Å²) < 4.78 is 18.4. The number of nitrogens with zero attached hydrogens (tertiary/aromatic N) is 1. The Bertz CT molecular complexity index is 784. The van der Waals surface area contributed by atoms with E-state index in [0.717, 1.165) is 24.8 Å². The molecule has 2 aromatic rings. The molecule has 0 fully saturated rings. The number of halogens is 1. The second kappa shape index (κ2) is 10.6. The van der Waals surface area contributed by atoms with Crippen molar-refractivity contribution in [3.63, 3.8) is 0 Å². The normalized spacial score (nSPS) is 10.7. The van der Waals surface area contributed by atoms with Crippen LogP contribution in [0.3, 0.4) is 0 Å². The number of hydrogen-bond acceptors (Lipinski definition) is 3. The number of furan rings is 1. The van der Waals surface area contributed by atoms with Crippen molar-refractivity contribution in [3.05, 3.63) is 58.8 Å². The molecule has 0 radical (unpaired) electrons. The van der Waals surface area contributed by atoms with Gasteiger partial charge in [0.15, 0.2) is 0 Å². The summed E-state index contributed by atoms with van der Waals surface area (Å²) in [5.74, 6) is 0.755. The average Bonchev–Trinajstić information content (AvgIpc) is 3.01. The molecule has 1 heterocycles. The lowest BCUT2D eigenvalue weighted by Crippen LogP contribution is -2.36. The van der Waals surface area contributed by atoms with Gasteiger partial charge in [0.05, 0.1) is 5.56 Å². The first-order valence-electron chi connectivity index (χ1n) is 9.78. The van der Waals surface area contributed by atoms with Crippen molar-refractivity contribution < 1.29 is 18.4 Å². The van der Waals surface area contributed by atoms with Crippen LogP contribution < -0.4 is 5.32 Å². The molecule has 5 nitrogen and oxygen atoms in total. The van der Waals surface area contributed by atoms with Gasteiger partial charge in [-0.3, -0.25) is 9.59 Å². The molecule has 0 atom stereocenters. The molecule has 0 saturated heterocycles. The molecule has 6 heteroatoms. The lowest BCUT2D eigenvalue weighted by Gasteiger charge is -2.22. The summed E-state index contributed by atoms with van der Waals surface area (Å²) >= 11 is 0. The van der Waals surface area contributed by atoms with Gasteiger partial charge in [-0.2, -0.15) is 0 Å². The summed E-state index contributed by atoms with van der Waals surface area (Å²) in [6.07, 6.45) is 3.21. The highest BCUT2D eigenvalue weighted by atomic mass is 19.1. The van der Waals surface area contributed by atoms with Crippen molar-refractivity contribution in [2.24, 2.45) is 0 Å². The maximum Gasteiger partial charge on any atom is 0.257 e. The van der Waals surface area contributed by atoms with E-state index in [-0.39, 0.29) is 24.1 Å². The number of unbranched alkanes of at least 4 members (excludes halogenated alkanes) is 2. The highest BCUT2D eigenvalue weighted by Gasteiger charge is 2.21. The Hall–Kier alpha value is -2.63. The van der Waals surface area contributed by atoms with Crippen LogP contribution in [-0.4, -0.2) is 29.8 Å². The van der Waals surface area contributed by atoms with Gasteiger partial charge in [0.2, 0.25) is 5.91 Å². The Morgan fingerprint density at radius 1 is 1.11 bits per heavy atom. The fraction of sp³-hybridized carbons (Fsp3) is 0.455. The minimum Gasteiger partial charge on any atom is -0.466 e. The van der Waals surface area contributed by atoms with Gasteiger partial charge in [-0.1, -0.05) is 31.9 Å². The smallest absolute Gasteiger partial charge is 0.257 e. The average molecular weight is 388 g/mol. The van der Waals surface area contributed by atoms with Crippen LogP contribution in [0.2, 0.25) is 0 Å². The molecule has 2 amide bonds. The first-order valence-corrected chi connectivity index (χ1v) is 9.78. The number of rotatable bonds is 10. The van der Waals surface area contributed by atoms with Crippen molar-refractivity contribution >= 4 is 11.8 Å². The van der Waals surface area contributed by atoms with Gasteiger partial charge >= 0.3 is 0 Å². The summed E-state index contributed by atoms with van der Waals surface area (Å²) in [5.41, 5.74) is 1.39. The second-order valence-corrected chi connectivity index (χ2v) is 6.98. The lowest BCUT2D eigenvalue weighted by atomic mass is 10.1. The molecule has 0 spiro atoms. The minimum atomic E-state index is -0.305. The predicted molar refractivity (Wildman–Crippen MR) is 106 cm³/mol. The molecule has 0 bridgehead atoms. The van der Waals surface area contributed by atoms with E-state index in [9.17, 15) is 14.0 Å². The Morgan fingerprint density at radius 2 is 1.82 bits per heavy atom. The zero-order valence-electron chi connectivity index (χ0n) is 16.9. The van der Waals surface area contributed by atoms with Crippen molar-refractivity contribution in [1.82, 2.24) is 10.2 Å². The van der Waals surface area contributed by atoms with Crippen molar-refractivity contribution in [3.8, 4) is 0 Å². The van der Waals surface area contributed by atoms with Crippen LogP contribution in [0.15, 0.2) is 34.7 Å². The fourth-order valence-electron chi connectivity index (χ4n) is 3.01. The Labute approximate surface area is 165 Å². The third-order valence-electron chi connectivity index (χ3n) is 4.60. The van der Waals surface area contributed by atoms with Gasteiger partial charge in [-0.25, -0.2) is 4.39 Å². The molecule has 0 aliphatic heterocycles. The van der Waals surface area contributed by atoms with Crippen LogP contribution in [0.1, 0.15) is 60.0 Å². The van der Waals surface area contributed by atoms with Crippen molar-refractivity contribution in [2.75, 3.05) is 13.1 Å². The summed E-state index contributed by atoms with van der Waals surface area (Å²) in [6, 6.07) is 7.76. The Kier molecular flexibility index (Phi) is 8.23. The van der Waals surface area contributed by atoms with Gasteiger partial charge in [-0.05, 0) is 44.0 Å². The number of carbonyl (C=O) groups excluding carboxylic acids is 2. The summed E-state index contributed by atoms with van der Waals surface area (Å²) in [5, 5.41) is 2.82. The largest absolute Gasteiger partial charge is 0.466 e. The van der Waals surface area contributed by atoms with E-state index in [1.165, 1.54) is 12.1 Å². The Balaban J connectivity index is 1.91. The molecule has 0 aliphatic rings. The zero-order valence-corrected chi connectivity index (χ0v) is 16.9. The molecule has 0 unspecified atom stereocenters. The molecule has 0 aliphatic carbocycles. The van der Waals surface area contributed by atoms with Crippen LogP contribution >= 0.6 is 0 Å². The molecular formula is C22H29FN2O3. The molecular weight excluding hydrogens is 359 g/mol. The summed E-state index contributed by atoms with van der Waals surface area (Å²) in [7, 11) is 0. The quantitative estimate of drug-likeness (QED) is 0.615. The predicted octanol–water partition coefficient (Wildman–Crippen LogP) is 4.37. The third-order valence-corrected chi connectivity index (χ3v) is 4.60. The standard InChI is InChI=1S/C22H29FN2O3/c1-4-5-6-12-25(22(27)20-14-16(2)28-17(20)3)13-11-21(26)24-15-18-7-9-19(23)10-8-18/h7-10,14H,4-6,11-13,15H2,1-3H3,(H,24,26). The molecule has 1 N–H and O–H groups in total. The zero-order chi connectivity index (χ0) is 20.5. The number of aryl methyl sites for hydroxylation is 2. The summed E-state index contributed by atoms with van der Waals surface area (Å²) in [4.78, 5) is 26.8. The third kappa shape index (κ3) is 6.51. The fourth-order valence-corrected chi connectivity index (χ4v) is 3.01. The minimum absolute atomic E-state index is 0.100. The maximum atomic E-state index is 12.9. The SMILES string of the molecule is CCCCCN(CCC(=O)NCc1ccc(F)cc1)C(=O)c1cc(C)oc1C. The van der Waals surface area contributed by atoms with Crippen LogP contribution in [0, 0.1) is 19.7 Å². The number of benzene rings is 1. The van der Waals surface area contributed by atoms with Gasteiger partial charge in [-0.15, -0.1) is 0 Å². The second-order valence-electron chi connectivity index (χ2n) is 6.98. The van der Waals surface area contributed by atoms with E-state index >= 15 is 0 Å². The van der Waals surface area contributed by atoms with Crippen LogP contribution in [-0.2, 0) is 11.3 Å². The number of nitrogens with one attached hydrogen (secondary N) is 1. The van der Waals surface area contributed by atoms with E-state index in [0.29, 0.717) is 36.7 Å². The first kappa shape index (κ1) is 21.7. The topological polar surface area (TPSA) is 62.6 Å². The van der Waals surface area contributed by atoms with Gasteiger partial charge < -0.3 is 14.6 Å². The lowest BCUT2D eigenvalue weighted by molar-refractivity contribution is -0.121. The number of hydrogen-bond donors (Lipinski definition) is 1. The number of carbonyl (C=O) groups is 2. The molecule has 2 rings (SSSR count). The molecule has 0 saturated carbocycles. The molecule has 1 aromatic carbocycles. The van der Waals surface area contributed by atoms with E-state index in [1.54, 1.807) is 30.0 Å². The van der Waals surface area contributed by atoms with E-state index in [4.69, 9.17) is 4.42 Å². The van der Waals surface area contributed by atoms with Gasteiger partial charge in [0.1, 0.15) is 17.3 Å². The molecule has 1 aromatic heterocycles. The molecule has 152 valence electrons. The highest BCUT2D eigenvalue weighted by Crippen LogP contribution is 2.17. The van der Waals surface area contributed by atoms with Gasteiger partial charge in [0.25, 0.3) is 5.91 Å². The van der Waals surface area contributed by atoms with Crippen LogP contribution in [0.25, 0.3) is 0 Å². The van der Waals surface area contributed by atoms with Crippen molar-refractivity contribution in [2.45, 2.75) is 53.0 Å². The van der Waals surface area contributed by atoms with E-state index in [1.807, 2.05) is 6.92 Å². The van der Waals surface area contributed by atoms with E-state index in [2.05, 4.69) is 12.2 Å². The maximum absolute atomic E-state index is 12.9. The van der Waals surface area contributed by atoms with Crippen LogP contribution in [0.5, 0.6) is 0 Å². The van der Waals surface area contributed by atoms with E-state index < -0.39 is 0 Å². The number of amides is 2. The monoisotopic (exact) mass is 388 g/mol. The Morgan fingerprint density at radius 3 is 2.43 bits per heavy atom.